The van der Waals surface area contributed by atoms with Crippen LogP contribution in [0.4, 0.5) is 0 Å². The molecule has 166 valence electrons. The van der Waals surface area contributed by atoms with Gasteiger partial charge in [0.15, 0.2) is 0 Å². The van der Waals surface area contributed by atoms with Crippen molar-refractivity contribution in [3.05, 3.63) is 64.6 Å². The van der Waals surface area contributed by atoms with Crippen LogP contribution in [0.25, 0.3) is 11.0 Å². The summed E-state index contributed by atoms with van der Waals surface area (Å²) < 4.78 is 7.89. The second kappa shape index (κ2) is 10.7. The van der Waals surface area contributed by atoms with E-state index in [2.05, 4.69) is 29.4 Å². The van der Waals surface area contributed by atoms with Crippen molar-refractivity contribution in [2.24, 2.45) is 5.92 Å². The number of H-pyrrole nitrogens is 1. The van der Waals surface area contributed by atoms with Gasteiger partial charge in [-0.3, -0.25) is 4.57 Å². The van der Waals surface area contributed by atoms with E-state index >= 15 is 0 Å². The molecule has 1 aromatic heterocycles. The van der Waals surface area contributed by atoms with Gasteiger partial charge in [0.25, 0.3) is 0 Å². The summed E-state index contributed by atoms with van der Waals surface area (Å²) in [6, 6.07) is 16.6. The molecule has 1 unspecified atom stereocenters. The largest absolute Gasteiger partial charge is 0.493 e. The maximum atomic E-state index is 12.2. The Labute approximate surface area is 184 Å². The number of aromatic nitrogens is 2. The molecule has 0 saturated heterocycles. The van der Waals surface area contributed by atoms with Crippen molar-refractivity contribution >= 4 is 11.0 Å². The number of imidazole rings is 1. The lowest BCUT2D eigenvalue weighted by Gasteiger charge is -2.25. The standard InChI is InChI=1S/C26H35N3O2/c1-20(18-21-10-3-2-4-11-21)27-19-22-12-5-8-15-25(22)31-17-9-16-29-24-14-7-6-13-23(24)28-26(29)30/h5-8,12-15,20-21,27H,2-4,9-11,16-19H2,1H3,(H,28,30). The van der Waals surface area contributed by atoms with Crippen molar-refractivity contribution in [1.82, 2.24) is 14.9 Å². The molecular weight excluding hydrogens is 386 g/mol. The highest BCUT2D eigenvalue weighted by Gasteiger charge is 2.16. The van der Waals surface area contributed by atoms with E-state index in [-0.39, 0.29) is 5.69 Å². The maximum Gasteiger partial charge on any atom is 0.326 e. The number of aromatic amines is 1. The Morgan fingerprint density at radius 3 is 2.74 bits per heavy atom. The molecule has 2 N–H and O–H groups in total. The van der Waals surface area contributed by atoms with E-state index < -0.39 is 0 Å². The number of para-hydroxylation sites is 3. The molecule has 2 aromatic carbocycles. The summed E-state index contributed by atoms with van der Waals surface area (Å²) in [7, 11) is 0. The Kier molecular flexibility index (Phi) is 7.47. The summed E-state index contributed by atoms with van der Waals surface area (Å²) in [5.41, 5.74) is 2.97. The minimum absolute atomic E-state index is 0.0576. The molecule has 5 nitrogen and oxygen atoms in total. The zero-order valence-electron chi connectivity index (χ0n) is 18.6. The lowest BCUT2D eigenvalue weighted by Crippen LogP contribution is -2.28. The molecule has 1 saturated carbocycles. The van der Waals surface area contributed by atoms with Crippen molar-refractivity contribution in [3.63, 3.8) is 0 Å². The topological polar surface area (TPSA) is 59.0 Å². The summed E-state index contributed by atoms with van der Waals surface area (Å²) in [4.78, 5) is 15.1. The second-order valence-electron chi connectivity index (χ2n) is 8.93. The highest BCUT2D eigenvalue weighted by molar-refractivity contribution is 5.74. The third-order valence-electron chi connectivity index (χ3n) is 6.49. The molecule has 1 aliphatic rings. The molecule has 1 fully saturated rings. The van der Waals surface area contributed by atoms with Crippen molar-refractivity contribution in [2.75, 3.05) is 6.61 Å². The Bertz CT molecular complexity index is 1020. The molecule has 31 heavy (non-hydrogen) atoms. The first kappa shape index (κ1) is 21.7. The van der Waals surface area contributed by atoms with E-state index in [1.54, 1.807) is 4.57 Å². The predicted molar refractivity (Wildman–Crippen MR) is 127 cm³/mol. The third kappa shape index (κ3) is 5.79. The van der Waals surface area contributed by atoms with Crippen LogP contribution >= 0.6 is 0 Å². The van der Waals surface area contributed by atoms with Crippen molar-refractivity contribution in [3.8, 4) is 5.75 Å². The quantitative estimate of drug-likeness (QED) is 0.440. The van der Waals surface area contributed by atoms with Crippen molar-refractivity contribution < 1.29 is 4.74 Å². The van der Waals surface area contributed by atoms with E-state index in [1.807, 2.05) is 36.4 Å². The lowest BCUT2D eigenvalue weighted by molar-refractivity contribution is 0.292. The van der Waals surface area contributed by atoms with Gasteiger partial charge >= 0.3 is 5.69 Å². The molecular formula is C26H35N3O2. The first-order valence-corrected chi connectivity index (χ1v) is 11.8. The number of hydrogen-bond donors (Lipinski definition) is 2. The van der Waals surface area contributed by atoms with Crippen LogP contribution in [0.5, 0.6) is 5.75 Å². The monoisotopic (exact) mass is 421 g/mol. The first-order chi connectivity index (χ1) is 15.2. The second-order valence-corrected chi connectivity index (χ2v) is 8.93. The van der Waals surface area contributed by atoms with Gasteiger partial charge in [-0.1, -0.05) is 62.4 Å². The molecule has 0 spiro atoms. The summed E-state index contributed by atoms with van der Waals surface area (Å²) in [5.74, 6) is 1.82. The molecule has 0 radical (unpaired) electrons. The molecule has 1 aliphatic carbocycles. The zero-order chi connectivity index (χ0) is 21.5. The number of nitrogens with one attached hydrogen (secondary N) is 2. The van der Waals surface area contributed by atoms with Crippen molar-refractivity contribution in [1.29, 1.82) is 0 Å². The molecule has 3 aromatic rings. The highest BCUT2D eigenvalue weighted by Crippen LogP contribution is 2.27. The zero-order valence-corrected chi connectivity index (χ0v) is 18.6. The minimum atomic E-state index is -0.0576. The fraction of sp³-hybridized carbons (Fsp3) is 0.500. The van der Waals surface area contributed by atoms with E-state index in [1.165, 1.54) is 44.1 Å². The van der Waals surface area contributed by atoms with E-state index in [4.69, 9.17) is 4.74 Å². The normalized spacial score (nSPS) is 15.9. The maximum absolute atomic E-state index is 12.2. The van der Waals surface area contributed by atoms with Gasteiger partial charge in [-0.05, 0) is 43.9 Å². The average molecular weight is 422 g/mol. The Hall–Kier alpha value is -2.53. The fourth-order valence-corrected chi connectivity index (χ4v) is 4.81. The van der Waals surface area contributed by atoms with Crippen LogP contribution in [-0.2, 0) is 13.1 Å². The van der Waals surface area contributed by atoms with Gasteiger partial charge in [0.1, 0.15) is 5.75 Å². The summed E-state index contributed by atoms with van der Waals surface area (Å²) in [6.07, 6.45) is 9.05. The van der Waals surface area contributed by atoms with Crippen LogP contribution in [0.3, 0.4) is 0 Å². The number of fused-ring (bicyclic) bond motifs is 1. The summed E-state index contributed by atoms with van der Waals surface area (Å²) in [6.45, 7) is 4.35. The average Bonchev–Trinajstić information content (AvgIpc) is 3.11. The van der Waals surface area contributed by atoms with Gasteiger partial charge in [0.05, 0.1) is 17.6 Å². The number of ether oxygens (including phenoxy) is 1. The van der Waals surface area contributed by atoms with Gasteiger partial charge in [0, 0.05) is 24.7 Å². The van der Waals surface area contributed by atoms with Crippen LogP contribution in [0, 0.1) is 5.92 Å². The smallest absolute Gasteiger partial charge is 0.326 e. The van der Waals surface area contributed by atoms with Gasteiger partial charge in [0.2, 0.25) is 0 Å². The van der Waals surface area contributed by atoms with Crippen molar-refractivity contribution in [2.45, 2.75) is 71.0 Å². The number of aryl methyl sites for hydroxylation is 1. The van der Waals surface area contributed by atoms with E-state index in [9.17, 15) is 4.79 Å². The van der Waals surface area contributed by atoms with E-state index in [0.29, 0.717) is 19.2 Å². The van der Waals surface area contributed by atoms with Crippen LogP contribution in [0.2, 0.25) is 0 Å². The third-order valence-corrected chi connectivity index (χ3v) is 6.49. The van der Waals surface area contributed by atoms with Crippen LogP contribution in [0.15, 0.2) is 53.3 Å². The number of hydrogen-bond acceptors (Lipinski definition) is 3. The predicted octanol–water partition coefficient (Wildman–Crippen LogP) is 5.25. The lowest BCUT2D eigenvalue weighted by atomic mass is 9.85. The van der Waals surface area contributed by atoms with Gasteiger partial charge in [-0.25, -0.2) is 4.79 Å². The van der Waals surface area contributed by atoms with Crippen LogP contribution in [-0.4, -0.2) is 22.2 Å². The Morgan fingerprint density at radius 1 is 1.10 bits per heavy atom. The minimum Gasteiger partial charge on any atom is -0.493 e. The van der Waals surface area contributed by atoms with Gasteiger partial charge in [-0.15, -0.1) is 0 Å². The van der Waals surface area contributed by atoms with Gasteiger partial charge < -0.3 is 15.0 Å². The highest BCUT2D eigenvalue weighted by atomic mass is 16.5. The number of nitrogens with zero attached hydrogens (tertiary/aromatic N) is 1. The van der Waals surface area contributed by atoms with Gasteiger partial charge in [-0.2, -0.15) is 0 Å². The molecule has 5 heteroatoms. The number of rotatable bonds is 10. The van der Waals surface area contributed by atoms with Crippen LogP contribution in [0.1, 0.15) is 57.4 Å². The van der Waals surface area contributed by atoms with Crippen LogP contribution < -0.4 is 15.7 Å². The molecule has 0 bridgehead atoms. The molecule has 0 amide bonds. The summed E-state index contributed by atoms with van der Waals surface area (Å²) in [5, 5.41) is 3.70. The van der Waals surface area contributed by atoms with E-state index in [0.717, 1.165) is 35.7 Å². The molecule has 4 rings (SSSR count). The molecule has 0 aliphatic heterocycles. The fourth-order valence-electron chi connectivity index (χ4n) is 4.81. The molecule has 1 atom stereocenters. The number of benzene rings is 2. The Balaban J connectivity index is 1.26. The summed E-state index contributed by atoms with van der Waals surface area (Å²) >= 11 is 0. The first-order valence-electron chi connectivity index (χ1n) is 11.8. The molecule has 1 heterocycles. The Morgan fingerprint density at radius 2 is 1.87 bits per heavy atom. The SMILES string of the molecule is CC(CC1CCCCC1)NCc1ccccc1OCCCn1c(=O)[nH]c2ccccc21.